The number of rotatable bonds is 7. The Bertz CT molecular complexity index is 340. The predicted octanol–water partition coefficient (Wildman–Crippen LogP) is 2.91. The van der Waals surface area contributed by atoms with Crippen molar-refractivity contribution in [1.29, 1.82) is 0 Å². The minimum absolute atomic E-state index is 0.277. The molecule has 0 aliphatic carbocycles. The smallest absolute Gasteiger partial charge is 0.491 e. The Labute approximate surface area is 108 Å². The van der Waals surface area contributed by atoms with Crippen LogP contribution in [0.5, 0.6) is 11.5 Å². The molecular formula is C11H13F3O3S. The standard InChI is InChI=1S/C11H13F3O3S/c12-11(13,14)17-10-3-1-9(2-4-10)16-6-5-15-7-8-18/h1-4,18H,5-8H2. The fourth-order valence-electron chi connectivity index (χ4n) is 1.12. The maximum atomic E-state index is 11.9. The molecule has 0 unspecified atom stereocenters. The van der Waals surface area contributed by atoms with Crippen LogP contribution in [0.15, 0.2) is 24.3 Å². The van der Waals surface area contributed by atoms with Crippen LogP contribution < -0.4 is 9.47 Å². The van der Waals surface area contributed by atoms with E-state index in [9.17, 15) is 13.2 Å². The van der Waals surface area contributed by atoms with Crippen molar-refractivity contribution < 1.29 is 27.4 Å². The molecule has 0 atom stereocenters. The lowest BCUT2D eigenvalue weighted by Crippen LogP contribution is -2.17. The number of hydrogen-bond donors (Lipinski definition) is 1. The second kappa shape index (κ2) is 7.38. The van der Waals surface area contributed by atoms with E-state index in [0.29, 0.717) is 31.3 Å². The van der Waals surface area contributed by atoms with Crippen LogP contribution in [-0.4, -0.2) is 31.9 Å². The molecule has 0 heterocycles. The van der Waals surface area contributed by atoms with Crippen LogP contribution >= 0.6 is 12.6 Å². The molecular weight excluding hydrogens is 269 g/mol. The maximum absolute atomic E-state index is 11.9. The van der Waals surface area contributed by atoms with Crippen LogP contribution in [0.1, 0.15) is 0 Å². The quantitative estimate of drug-likeness (QED) is 0.615. The fraction of sp³-hybridized carbons (Fsp3) is 0.455. The SMILES string of the molecule is FC(F)(F)Oc1ccc(OCCOCCS)cc1. The summed E-state index contributed by atoms with van der Waals surface area (Å²) in [5.41, 5.74) is 0. The van der Waals surface area contributed by atoms with E-state index in [1.54, 1.807) is 0 Å². The van der Waals surface area contributed by atoms with Crippen LogP contribution in [0.4, 0.5) is 13.2 Å². The van der Waals surface area contributed by atoms with Crippen molar-refractivity contribution in [3.8, 4) is 11.5 Å². The van der Waals surface area contributed by atoms with Gasteiger partial charge in [0.15, 0.2) is 0 Å². The van der Waals surface area contributed by atoms with Gasteiger partial charge in [-0.1, -0.05) is 0 Å². The van der Waals surface area contributed by atoms with Crippen LogP contribution in [0.2, 0.25) is 0 Å². The van der Waals surface area contributed by atoms with Gasteiger partial charge in [-0.2, -0.15) is 12.6 Å². The summed E-state index contributed by atoms with van der Waals surface area (Å²) in [4.78, 5) is 0. The van der Waals surface area contributed by atoms with Gasteiger partial charge in [0.2, 0.25) is 0 Å². The van der Waals surface area contributed by atoms with E-state index in [4.69, 9.17) is 9.47 Å². The molecule has 0 aromatic heterocycles. The third-order valence-electron chi connectivity index (χ3n) is 1.79. The van der Waals surface area contributed by atoms with Crippen molar-refractivity contribution in [1.82, 2.24) is 0 Å². The summed E-state index contributed by atoms with van der Waals surface area (Å²) in [6.07, 6.45) is -4.68. The number of alkyl halides is 3. The molecule has 0 fully saturated rings. The maximum Gasteiger partial charge on any atom is 0.573 e. The largest absolute Gasteiger partial charge is 0.573 e. The topological polar surface area (TPSA) is 27.7 Å². The zero-order chi connectivity index (χ0) is 13.4. The molecule has 3 nitrogen and oxygen atoms in total. The van der Waals surface area contributed by atoms with Gasteiger partial charge >= 0.3 is 6.36 Å². The van der Waals surface area contributed by atoms with Gasteiger partial charge in [-0.05, 0) is 24.3 Å². The Morgan fingerprint density at radius 1 is 0.944 bits per heavy atom. The van der Waals surface area contributed by atoms with E-state index >= 15 is 0 Å². The second-order valence-electron chi connectivity index (χ2n) is 3.20. The molecule has 0 aliphatic heterocycles. The first-order valence-corrected chi connectivity index (χ1v) is 5.82. The average molecular weight is 282 g/mol. The zero-order valence-electron chi connectivity index (χ0n) is 9.44. The summed E-state index contributed by atoms with van der Waals surface area (Å²) in [7, 11) is 0. The van der Waals surface area contributed by atoms with E-state index in [1.165, 1.54) is 24.3 Å². The van der Waals surface area contributed by atoms with Crippen molar-refractivity contribution in [2.45, 2.75) is 6.36 Å². The normalized spacial score (nSPS) is 11.3. The number of thiol groups is 1. The highest BCUT2D eigenvalue weighted by molar-refractivity contribution is 7.80. The van der Waals surface area contributed by atoms with Crippen LogP contribution in [0.25, 0.3) is 0 Å². The molecule has 1 aromatic carbocycles. The molecule has 0 saturated carbocycles. The van der Waals surface area contributed by atoms with Crippen LogP contribution in [0, 0.1) is 0 Å². The number of ether oxygens (including phenoxy) is 3. The Morgan fingerprint density at radius 2 is 1.56 bits per heavy atom. The monoisotopic (exact) mass is 282 g/mol. The lowest BCUT2D eigenvalue weighted by molar-refractivity contribution is -0.274. The predicted molar refractivity (Wildman–Crippen MR) is 63.3 cm³/mol. The first kappa shape index (κ1) is 15.0. The highest BCUT2D eigenvalue weighted by Crippen LogP contribution is 2.24. The second-order valence-corrected chi connectivity index (χ2v) is 3.65. The van der Waals surface area contributed by atoms with Gasteiger partial charge in [0.25, 0.3) is 0 Å². The van der Waals surface area contributed by atoms with E-state index in [0.717, 1.165) is 0 Å². The molecule has 0 radical (unpaired) electrons. The van der Waals surface area contributed by atoms with Crippen molar-refractivity contribution in [3.05, 3.63) is 24.3 Å². The average Bonchev–Trinajstić information content (AvgIpc) is 2.29. The summed E-state index contributed by atoms with van der Waals surface area (Å²) in [6, 6.07) is 5.19. The Morgan fingerprint density at radius 3 is 2.11 bits per heavy atom. The molecule has 1 aromatic rings. The first-order chi connectivity index (χ1) is 8.51. The molecule has 18 heavy (non-hydrogen) atoms. The van der Waals surface area contributed by atoms with E-state index in [-0.39, 0.29) is 5.75 Å². The van der Waals surface area contributed by atoms with Crippen molar-refractivity contribution in [2.24, 2.45) is 0 Å². The summed E-state index contributed by atoms with van der Waals surface area (Å²) in [5.74, 6) is 0.809. The Hall–Kier alpha value is -1.08. The van der Waals surface area contributed by atoms with Crippen LogP contribution in [0.3, 0.4) is 0 Å². The van der Waals surface area contributed by atoms with Gasteiger partial charge in [0.1, 0.15) is 18.1 Å². The summed E-state index contributed by atoms with van der Waals surface area (Å²) < 4.78 is 49.8. The van der Waals surface area contributed by atoms with Gasteiger partial charge in [-0.15, -0.1) is 13.2 Å². The third kappa shape index (κ3) is 6.61. The molecule has 0 N–H and O–H groups in total. The van der Waals surface area contributed by atoms with E-state index in [1.807, 2.05) is 0 Å². The molecule has 1 rings (SSSR count). The molecule has 7 heteroatoms. The summed E-state index contributed by atoms with van der Waals surface area (Å²) in [5, 5.41) is 0. The minimum atomic E-state index is -4.68. The van der Waals surface area contributed by atoms with Gasteiger partial charge in [-0.25, -0.2) is 0 Å². The number of hydrogen-bond acceptors (Lipinski definition) is 4. The molecule has 0 spiro atoms. The summed E-state index contributed by atoms with van der Waals surface area (Å²) in [6.45, 7) is 1.26. The van der Waals surface area contributed by atoms with Gasteiger partial charge < -0.3 is 14.2 Å². The third-order valence-corrected chi connectivity index (χ3v) is 1.97. The molecule has 0 amide bonds. The minimum Gasteiger partial charge on any atom is -0.491 e. The van der Waals surface area contributed by atoms with Gasteiger partial charge in [0, 0.05) is 5.75 Å². The lowest BCUT2D eigenvalue weighted by Gasteiger charge is -2.10. The van der Waals surface area contributed by atoms with Gasteiger partial charge in [-0.3, -0.25) is 0 Å². The zero-order valence-corrected chi connectivity index (χ0v) is 10.3. The summed E-state index contributed by atoms with van der Waals surface area (Å²) >= 11 is 3.97. The molecule has 102 valence electrons. The lowest BCUT2D eigenvalue weighted by atomic mass is 10.3. The molecule has 0 bridgehead atoms. The number of benzene rings is 1. The van der Waals surface area contributed by atoms with E-state index in [2.05, 4.69) is 17.4 Å². The number of halogens is 3. The molecule has 0 saturated heterocycles. The Kier molecular flexibility index (Phi) is 6.14. The molecule has 0 aliphatic rings. The highest BCUT2D eigenvalue weighted by Gasteiger charge is 2.30. The van der Waals surface area contributed by atoms with Crippen molar-refractivity contribution >= 4 is 12.6 Å². The fourth-order valence-corrected chi connectivity index (χ4v) is 1.25. The first-order valence-electron chi connectivity index (χ1n) is 5.18. The van der Waals surface area contributed by atoms with Crippen molar-refractivity contribution in [2.75, 3.05) is 25.6 Å². The van der Waals surface area contributed by atoms with Crippen LogP contribution in [-0.2, 0) is 4.74 Å². The van der Waals surface area contributed by atoms with Gasteiger partial charge in [0.05, 0.1) is 13.2 Å². The van der Waals surface area contributed by atoms with E-state index < -0.39 is 6.36 Å². The Balaban J connectivity index is 2.32. The highest BCUT2D eigenvalue weighted by atomic mass is 32.1. The van der Waals surface area contributed by atoms with Crippen molar-refractivity contribution in [3.63, 3.8) is 0 Å².